The highest BCUT2D eigenvalue weighted by atomic mass is 19.2. The summed E-state index contributed by atoms with van der Waals surface area (Å²) in [5, 5.41) is 10.4. The molecule has 4 heteroatoms. The molecule has 2 atom stereocenters. The van der Waals surface area contributed by atoms with E-state index in [1.807, 2.05) is 6.07 Å². The fourth-order valence-electron chi connectivity index (χ4n) is 5.52. The standard InChI is InChI=1S/C28H36F2N2/c1-3-18-32(20-22-10-6-5-7-11-22)25(4-2)16-17-28(21-31,23-12-8-9-13-23)24-14-15-26(29)27(30)19-24/h5-7,10-11,14-15,19,23,25H,3-4,8-9,12-13,16-18,20H2,1-2H3. The quantitative estimate of drug-likeness (QED) is 0.366. The van der Waals surface area contributed by atoms with E-state index in [1.165, 1.54) is 17.7 Å². The van der Waals surface area contributed by atoms with Gasteiger partial charge >= 0.3 is 0 Å². The predicted octanol–water partition coefficient (Wildman–Crippen LogP) is 7.39. The Morgan fingerprint density at radius 3 is 2.38 bits per heavy atom. The van der Waals surface area contributed by atoms with E-state index in [-0.39, 0.29) is 5.92 Å². The second-order valence-electron chi connectivity index (χ2n) is 9.25. The van der Waals surface area contributed by atoms with E-state index >= 15 is 0 Å². The van der Waals surface area contributed by atoms with E-state index in [0.717, 1.165) is 58.0 Å². The van der Waals surface area contributed by atoms with Crippen LogP contribution in [0.3, 0.4) is 0 Å². The molecule has 2 nitrogen and oxygen atoms in total. The number of nitriles is 1. The van der Waals surface area contributed by atoms with Crippen LogP contribution in [-0.4, -0.2) is 17.5 Å². The second-order valence-corrected chi connectivity index (χ2v) is 9.25. The Kier molecular flexibility index (Phi) is 8.82. The third-order valence-corrected chi connectivity index (χ3v) is 7.29. The minimum atomic E-state index is -0.858. The van der Waals surface area contributed by atoms with Crippen LogP contribution in [0.15, 0.2) is 48.5 Å². The van der Waals surface area contributed by atoms with Gasteiger partial charge in [-0.3, -0.25) is 4.90 Å². The summed E-state index contributed by atoms with van der Waals surface area (Å²) >= 11 is 0. The van der Waals surface area contributed by atoms with Gasteiger partial charge in [0.05, 0.1) is 11.5 Å². The molecule has 0 amide bonds. The number of halogens is 2. The Bertz CT molecular complexity index is 886. The summed E-state index contributed by atoms with van der Waals surface area (Å²) in [6.07, 6.45) is 7.77. The van der Waals surface area contributed by atoms with Crippen LogP contribution in [0.2, 0.25) is 0 Å². The molecule has 172 valence electrons. The first-order chi connectivity index (χ1) is 15.5. The van der Waals surface area contributed by atoms with Crippen LogP contribution < -0.4 is 0 Å². The smallest absolute Gasteiger partial charge is 0.159 e. The average molecular weight is 439 g/mol. The molecule has 2 aromatic carbocycles. The highest BCUT2D eigenvalue weighted by Gasteiger charge is 2.42. The summed E-state index contributed by atoms with van der Waals surface area (Å²) < 4.78 is 27.8. The Balaban J connectivity index is 1.85. The lowest BCUT2D eigenvalue weighted by Gasteiger charge is -2.37. The number of benzene rings is 2. The van der Waals surface area contributed by atoms with Crippen LogP contribution in [0.1, 0.15) is 76.3 Å². The third-order valence-electron chi connectivity index (χ3n) is 7.29. The van der Waals surface area contributed by atoms with Crippen molar-refractivity contribution in [2.45, 2.75) is 83.2 Å². The van der Waals surface area contributed by atoms with E-state index < -0.39 is 17.0 Å². The van der Waals surface area contributed by atoms with Crippen molar-refractivity contribution in [1.29, 1.82) is 5.26 Å². The second kappa shape index (κ2) is 11.6. The van der Waals surface area contributed by atoms with Crippen molar-refractivity contribution in [2.24, 2.45) is 5.92 Å². The SMILES string of the molecule is CCCN(Cc1ccccc1)C(CC)CCC(C#N)(c1ccc(F)c(F)c1)C1CCCC1. The maximum absolute atomic E-state index is 14.2. The Hall–Kier alpha value is -2.25. The van der Waals surface area contributed by atoms with Crippen molar-refractivity contribution >= 4 is 0 Å². The average Bonchev–Trinajstić information content (AvgIpc) is 3.35. The summed E-state index contributed by atoms with van der Waals surface area (Å²) in [7, 11) is 0. The topological polar surface area (TPSA) is 27.0 Å². The van der Waals surface area contributed by atoms with Gasteiger partial charge in [-0.2, -0.15) is 5.26 Å². The zero-order valence-corrected chi connectivity index (χ0v) is 19.5. The number of rotatable bonds is 11. The highest BCUT2D eigenvalue weighted by Crippen LogP contribution is 2.46. The largest absolute Gasteiger partial charge is 0.296 e. The maximum Gasteiger partial charge on any atom is 0.159 e. The predicted molar refractivity (Wildman–Crippen MR) is 126 cm³/mol. The minimum Gasteiger partial charge on any atom is -0.296 e. The van der Waals surface area contributed by atoms with Gasteiger partial charge < -0.3 is 0 Å². The molecule has 32 heavy (non-hydrogen) atoms. The number of hydrogen-bond acceptors (Lipinski definition) is 2. The molecule has 1 aliphatic rings. The molecule has 3 rings (SSSR count). The molecular weight excluding hydrogens is 402 g/mol. The molecule has 0 radical (unpaired) electrons. The van der Waals surface area contributed by atoms with Gasteiger partial charge in [-0.25, -0.2) is 8.78 Å². The van der Waals surface area contributed by atoms with E-state index in [0.29, 0.717) is 18.0 Å². The first kappa shape index (κ1) is 24.4. The molecule has 0 heterocycles. The first-order valence-electron chi connectivity index (χ1n) is 12.2. The van der Waals surface area contributed by atoms with Gasteiger partial charge in [0.15, 0.2) is 11.6 Å². The van der Waals surface area contributed by atoms with Gasteiger partial charge in [0.2, 0.25) is 0 Å². The van der Waals surface area contributed by atoms with Gasteiger partial charge in [-0.15, -0.1) is 0 Å². The zero-order valence-electron chi connectivity index (χ0n) is 19.5. The minimum absolute atomic E-state index is 0.198. The summed E-state index contributed by atoms with van der Waals surface area (Å²) in [4.78, 5) is 2.53. The van der Waals surface area contributed by atoms with Crippen molar-refractivity contribution in [1.82, 2.24) is 4.90 Å². The monoisotopic (exact) mass is 438 g/mol. The Morgan fingerprint density at radius 2 is 1.78 bits per heavy atom. The van der Waals surface area contributed by atoms with Gasteiger partial charge in [0, 0.05) is 12.6 Å². The lowest BCUT2D eigenvalue weighted by atomic mass is 9.67. The molecule has 1 saturated carbocycles. The van der Waals surface area contributed by atoms with Crippen molar-refractivity contribution in [3.05, 3.63) is 71.3 Å². The molecule has 0 saturated heterocycles. The lowest BCUT2D eigenvalue weighted by Crippen LogP contribution is -2.39. The summed E-state index contributed by atoms with van der Waals surface area (Å²) in [6.45, 7) is 6.30. The number of nitrogens with zero attached hydrogens (tertiary/aromatic N) is 2. The van der Waals surface area contributed by atoms with E-state index in [4.69, 9.17) is 0 Å². The van der Waals surface area contributed by atoms with Crippen molar-refractivity contribution in [3.8, 4) is 6.07 Å². The highest BCUT2D eigenvalue weighted by molar-refractivity contribution is 5.35. The molecule has 2 aromatic rings. The summed E-state index contributed by atoms with van der Waals surface area (Å²) in [5.74, 6) is -1.51. The lowest BCUT2D eigenvalue weighted by molar-refractivity contribution is 0.158. The van der Waals surface area contributed by atoms with Crippen LogP contribution in [0.4, 0.5) is 8.78 Å². The molecule has 0 aliphatic heterocycles. The van der Waals surface area contributed by atoms with Crippen LogP contribution >= 0.6 is 0 Å². The normalized spacial score (nSPS) is 17.2. The molecule has 1 aliphatic carbocycles. The van der Waals surface area contributed by atoms with Crippen LogP contribution in [0.5, 0.6) is 0 Å². The van der Waals surface area contributed by atoms with Crippen LogP contribution in [-0.2, 0) is 12.0 Å². The maximum atomic E-state index is 14.2. The molecule has 1 fully saturated rings. The molecule has 0 spiro atoms. The molecule has 0 aromatic heterocycles. The van der Waals surface area contributed by atoms with Crippen molar-refractivity contribution in [3.63, 3.8) is 0 Å². The van der Waals surface area contributed by atoms with Gasteiger partial charge in [0.25, 0.3) is 0 Å². The Labute approximate surface area is 192 Å². The van der Waals surface area contributed by atoms with E-state index in [9.17, 15) is 14.0 Å². The molecule has 0 N–H and O–H groups in total. The zero-order chi connectivity index (χ0) is 23.0. The van der Waals surface area contributed by atoms with Crippen molar-refractivity contribution < 1.29 is 8.78 Å². The van der Waals surface area contributed by atoms with Gasteiger partial charge in [-0.05, 0) is 74.2 Å². The molecular formula is C28H36F2N2. The Morgan fingerprint density at radius 1 is 1.06 bits per heavy atom. The van der Waals surface area contributed by atoms with E-state index in [2.05, 4.69) is 49.1 Å². The molecule has 2 unspecified atom stereocenters. The van der Waals surface area contributed by atoms with E-state index in [1.54, 1.807) is 6.07 Å². The third kappa shape index (κ3) is 5.56. The van der Waals surface area contributed by atoms with Crippen molar-refractivity contribution in [2.75, 3.05) is 6.54 Å². The summed E-state index contributed by atoms with van der Waals surface area (Å²) in [5.41, 5.74) is 1.18. The fraction of sp³-hybridized carbons (Fsp3) is 0.536. The first-order valence-corrected chi connectivity index (χ1v) is 12.2. The van der Waals surface area contributed by atoms with Gasteiger partial charge in [-0.1, -0.05) is 63.1 Å². The van der Waals surface area contributed by atoms with Crippen LogP contribution in [0.25, 0.3) is 0 Å². The summed E-state index contributed by atoms with van der Waals surface area (Å²) in [6, 6.07) is 17.5. The molecule has 0 bridgehead atoms. The number of hydrogen-bond donors (Lipinski definition) is 0. The van der Waals surface area contributed by atoms with Gasteiger partial charge in [0.1, 0.15) is 0 Å². The van der Waals surface area contributed by atoms with Crippen LogP contribution in [0, 0.1) is 28.9 Å². The fourth-order valence-corrected chi connectivity index (χ4v) is 5.52.